The minimum atomic E-state index is 0.319. The summed E-state index contributed by atoms with van der Waals surface area (Å²) in [4.78, 5) is 12.1. The monoisotopic (exact) mass is 296 g/mol. The van der Waals surface area contributed by atoms with Crippen LogP contribution in [0.3, 0.4) is 0 Å². The van der Waals surface area contributed by atoms with Gasteiger partial charge >= 0.3 is 0 Å². The van der Waals surface area contributed by atoms with Gasteiger partial charge < -0.3 is 0 Å². The fourth-order valence-electron chi connectivity index (χ4n) is 3.69. The molecule has 0 spiro atoms. The number of ketones is 1. The SMILES string of the molecule is O=C1CCCc2cc3c(cc21)CCCc1cc(Cl)ccc1-3. The quantitative estimate of drug-likeness (QED) is 0.667. The van der Waals surface area contributed by atoms with E-state index in [4.69, 9.17) is 11.6 Å². The topological polar surface area (TPSA) is 17.1 Å². The van der Waals surface area contributed by atoms with Crippen molar-refractivity contribution in [2.45, 2.75) is 38.5 Å². The molecule has 0 aliphatic heterocycles. The van der Waals surface area contributed by atoms with E-state index in [2.05, 4.69) is 24.3 Å². The minimum absolute atomic E-state index is 0.319. The molecule has 0 radical (unpaired) electrons. The number of halogens is 1. The molecule has 1 nitrogen and oxygen atoms in total. The van der Waals surface area contributed by atoms with Gasteiger partial charge in [0, 0.05) is 17.0 Å². The molecule has 0 amide bonds. The Balaban J connectivity index is 1.94. The maximum absolute atomic E-state index is 12.1. The van der Waals surface area contributed by atoms with Crippen LogP contribution in [0.1, 0.15) is 46.3 Å². The number of carbonyl (C=O) groups excluding carboxylic acids is 1. The van der Waals surface area contributed by atoms with Gasteiger partial charge in [-0.05, 0) is 78.1 Å². The molecule has 2 heteroatoms. The minimum Gasteiger partial charge on any atom is -0.294 e. The number of hydrogen-bond donors (Lipinski definition) is 0. The molecule has 0 fully saturated rings. The van der Waals surface area contributed by atoms with Crippen LogP contribution in [0.2, 0.25) is 5.02 Å². The molecule has 0 N–H and O–H groups in total. The largest absolute Gasteiger partial charge is 0.294 e. The molecule has 2 aromatic rings. The number of carbonyl (C=O) groups is 1. The zero-order valence-electron chi connectivity index (χ0n) is 11.9. The van der Waals surface area contributed by atoms with Crippen LogP contribution < -0.4 is 0 Å². The van der Waals surface area contributed by atoms with Gasteiger partial charge in [0.1, 0.15) is 0 Å². The van der Waals surface area contributed by atoms with Crippen molar-refractivity contribution in [2.24, 2.45) is 0 Å². The molecule has 0 bridgehead atoms. The highest BCUT2D eigenvalue weighted by Gasteiger charge is 2.22. The van der Waals surface area contributed by atoms with Gasteiger partial charge in [-0.3, -0.25) is 4.79 Å². The van der Waals surface area contributed by atoms with Gasteiger partial charge in [0.15, 0.2) is 5.78 Å². The fourth-order valence-corrected chi connectivity index (χ4v) is 3.88. The second-order valence-corrected chi connectivity index (χ2v) is 6.53. The predicted molar refractivity (Wildman–Crippen MR) is 86.2 cm³/mol. The van der Waals surface area contributed by atoms with Gasteiger partial charge in [-0.25, -0.2) is 0 Å². The summed E-state index contributed by atoms with van der Waals surface area (Å²) < 4.78 is 0. The highest BCUT2D eigenvalue weighted by atomic mass is 35.5. The zero-order valence-corrected chi connectivity index (χ0v) is 12.7. The van der Waals surface area contributed by atoms with Gasteiger partial charge in [0.2, 0.25) is 0 Å². The van der Waals surface area contributed by atoms with Gasteiger partial charge in [0.05, 0.1) is 0 Å². The number of benzene rings is 2. The first kappa shape index (κ1) is 13.1. The molecule has 0 aromatic heterocycles. The molecule has 2 aliphatic rings. The van der Waals surface area contributed by atoms with E-state index in [0.717, 1.165) is 42.7 Å². The molecule has 2 aliphatic carbocycles. The first-order valence-electron chi connectivity index (χ1n) is 7.70. The Labute approximate surface area is 129 Å². The maximum atomic E-state index is 12.1. The van der Waals surface area contributed by atoms with Crippen molar-refractivity contribution in [2.75, 3.05) is 0 Å². The Morgan fingerprint density at radius 3 is 2.14 bits per heavy atom. The highest BCUT2D eigenvalue weighted by molar-refractivity contribution is 6.30. The van der Waals surface area contributed by atoms with Gasteiger partial charge in [-0.2, -0.15) is 0 Å². The molecular weight excluding hydrogens is 280 g/mol. The van der Waals surface area contributed by atoms with E-state index in [0.29, 0.717) is 12.2 Å². The summed E-state index contributed by atoms with van der Waals surface area (Å²) in [6, 6.07) is 10.6. The third kappa shape index (κ3) is 2.20. The summed E-state index contributed by atoms with van der Waals surface area (Å²) in [5.41, 5.74) is 7.47. The Morgan fingerprint density at radius 2 is 1.33 bits per heavy atom. The molecule has 0 heterocycles. The summed E-state index contributed by atoms with van der Waals surface area (Å²) >= 11 is 6.15. The van der Waals surface area contributed by atoms with E-state index in [9.17, 15) is 4.79 Å². The normalized spacial score (nSPS) is 16.7. The Bertz CT molecular complexity index is 745. The maximum Gasteiger partial charge on any atom is 0.163 e. The number of Topliss-reactive ketones (excluding diaryl/α,β-unsaturated/α-hetero) is 1. The van der Waals surface area contributed by atoms with E-state index in [-0.39, 0.29) is 0 Å². The van der Waals surface area contributed by atoms with Gasteiger partial charge in [-0.15, -0.1) is 0 Å². The Hall–Kier alpha value is -1.60. The standard InChI is InChI=1S/C19H17ClO/c20-15-7-8-16-12(9-15)3-1-4-13-11-18-14(10-17(13)16)5-2-6-19(18)21/h7-11H,1-6H2. The van der Waals surface area contributed by atoms with Crippen molar-refractivity contribution in [1.82, 2.24) is 0 Å². The first-order valence-corrected chi connectivity index (χ1v) is 8.08. The van der Waals surface area contributed by atoms with Crippen molar-refractivity contribution in [3.8, 4) is 11.1 Å². The van der Waals surface area contributed by atoms with Crippen LogP contribution in [0.15, 0.2) is 30.3 Å². The average Bonchev–Trinajstić information content (AvgIpc) is 2.64. The van der Waals surface area contributed by atoms with Crippen LogP contribution in [0.5, 0.6) is 0 Å². The molecule has 0 saturated heterocycles. The molecule has 0 unspecified atom stereocenters. The van der Waals surface area contributed by atoms with E-state index < -0.39 is 0 Å². The van der Waals surface area contributed by atoms with Crippen molar-refractivity contribution < 1.29 is 4.79 Å². The van der Waals surface area contributed by atoms with Gasteiger partial charge in [0.25, 0.3) is 0 Å². The summed E-state index contributed by atoms with van der Waals surface area (Å²) in [5.74, 6) is 0.319. The molecule has 0 saturated carbocycles. The summed E-state index contributed by atoms with van der Waals surface area (Å²) in [6.45, 7) is 0. The fraction of sp³-hybridized carbons (Fsp3) is 0.316. The predicted octanol–water partition coefficient (Wildman–Crippen LogP) is 5.01. The second-order valence-electron chi connectivity index (χ2n) is 6.10. The van der Waals surface area contributed by atoms with Crippen LogP contribution in [0, 0.1) is 0 Å². The summed E-state index contributed by atoms with van der Waals surface area (Å²) in [7, 11) is 0. The van der Waals surface area contributed by atoms with Crippen molar-refractivity contribution in [3.63, 3.8) is 0 Å². The van der Waals surface area contributed by atoms with E-state index in [1.807, 2.05) is 6.07 Å². The first-order chi connectivity index (χ1) is 10.2. The molecule has 4 rings (SSSR count). The summed E-state index contributed by atoms with van der Waals surface area (Å²) in [6.07, 6.45) is 5.94. The Morgan fingerprint density at radius 1 is 0.714 bits per heavy atom. The van der Waals surface area contributed by atoms with Crippen LogP contribution in [0.25, 0.3) is 11.1 Å². The van der Waals surface area contributed by atoms with E-state index in [1.54, 1.807) is 0 Å². The average molecular weight is 297 g/mol. The third-order valence-electron chi connectivity index (χ3n) is 4.73. The Kier molecular flexibility index (Phi) is 3.11. The molecule has 106 valence electrons. The second kappa shape index (κ2) is 4.99. The molecule has 21 heavy (non-hydrogen) atoms. The van der Waals surface area contributed by atoms with Crippen LogP contribution in [-0.4, -0.2) is 5.78 Å². The molecular formula is C19H17ClO. The van der Waals surface area contributed by atoms with Crippen molar-refractivity contribution in [1.29, 1.82) is 0 Å². The van der Waals surface area contributed by atoms with Gasteiger partial charge in [-0.1, -0.05) is 23.7 Å². The number of hydrogen-bond acceptors (Lipinski definition) is 1. The van der Waals surface area contributed by atoms with E-state index >= 15 is 0 Å². The third-order valence-corrected chi connectivity index (χ3v) is 4.96. The molecule has 2 aromatic carbocycles. The lowest BCUT2D eigenvalue weighted by molar-refractivity contribution is 0.0972. The van der Waals surface area contributed by atoms with E-state index in [1.165, 1.54) is 27.8 Å². The molecule has 0 atom stereocenters. The number of fused-ring (bicyclic) bond motifs is 4. The summed E-state index contributed by atoms with van der Waals surface area (Å²) in [5, 5.41) is 0.810. The van der Waals surface area contributed by atoms with Crippen LogP contribution >= 0.6 is 11.6 Å². The van der Waals surface area contributed by atoms with Crippen molar-refractivity contribution >= 4 is 17.4 Å². The highest BCUT2D eigenvalue weighted by Crippen LogP contribution is 2.37. The van der Waals surface area contributed by atoms with Crippen LogP contribution in [-0.2, 0) is 19.3 Å². The lowest BCUT2D eigenvalue weighted by Crippen LogP contribution is -2.11. The smallest absolute Gasteiger partial charge is 0.163 e. The lowest BCUT2D eigenvalue weighted by Gasteiger charge is -2.19. The zero-order chi connectivity index (χ0) is 14.4. The number of rotatable bonds is 0. The van der Waals surface area contributed by atoms with Crippen LogP contribution in [0.4, 0.5) is 0 Å². The van der Waals surface area contributed by atoms with Crippen molar-refractivity contribution in [3.05, 3.63) is 57.6 Å². The number of aryl methyl sites for hydroxylation is 3. The lowest BCUT2D eigenvalue weighted by atomic mass is 9.85.